The summed E-state index contributed by atoms with van der Waals surface area (Å²) in [6.45, 7) is 3.50. The Bertz CT molecular complexity index is 341. The van der Waals surface area contributed by atoms with E-state index >= 15 is 0 Å². The van der Waals surface area contributed by atoms with E-state index in [9.17, 15) is 0 Å². The van der Waals surface area contributed by atoms with E-state index in [0.29, 0.717) is 12.6 Å². The second-order valence-electron chi connectivity index (χ2n) is 4.31. The number of aromatic nitrogens is 1. The van der Waals surface area contributed by atoms with Crippen molar-refractivity contribution in [3.05, 3.63) is 18.0 Å². The largest absolute Gasteiger partial charge is 0.364 e. The van der Waals surface area contributed by atoms with Gasteiger partial charge in [0.2, 0.25) is 0 Å². The number of hydrogen-bond donors (Lipinski definition) is 2. The number of aliphatic imine (C=N–C) groups is 1. The van der Waals surface area contributed by atoms with E-state index in [0.717, 1.165) is 18.2 Å². The van der Waals surface area contributed by atoms with Crippen molar-refractivity contribution in [2.24, 2.45) is 4.99 Å². The summed E-state index contributed by atoms with van der Waals surface area (Å²) in [7, 11) is 0. The Labute approximate surface area is 102 Å². The van der Waals surface area contributed by atoms with E-state index in [2.05, 4.69) is 27.7 Å². The first-order valence-electron chi connectivity index (χ1n) is 6.32. The minimum absolute atomic E-state index is 0.554. The lowest BCUT2D eigenvalue weighted by Crippen LogP contribution is -2.42. The highest BCUT2D eigenvalue weighted by Crippen LogP contribution is 2.17. The molecule has 0 aliphatic heterocycles. The molecule has 1 aliphatic rings. The fourth-order valence-corrected chi connectivity index (χ4v) is 2.06. The SMILES string of the molecule is CCNC(=NCc1ccon1)NC1CCCC1. The van der Waals surface area contributed by atoms with Crippen LogP contribution in [0.3, 0.4) is 0 Å². The summed E-state index contributed by atoms with van der Waals surface area (Å²) in [6.07, 6.45) is 6.70. The molecule has 0 amide bonds. The van der Waals surface area contributed by atoms with E-state index < -0.39 is 0 Å². The third-order valence-electron chi connectivity index (χ3n) is 2.93. The van der Waals surface area contributed by atoms with Crippen LogP contribution in [-0.4, -0.2) is 23.7 Å². The van der Waals surface area contributed by atoms with Gasteiger partial charge in [-0.3, -0.25) is 0 Å². The highest BCUT2D eigenvalue weighted by molar-refractivity contribution is 5.80. The quantitative estimate of drug-likeness (QED) is 0.616. The van der Waals surface area contributed by atoms with Crippen LogP contribution in [0.25, 0.3) is 0 Å². The maximum Gasteiger partial charge on any atom is 0.191 e. The highest BCUT2D eigenvalue weighted by Gasteiger charge is 2.15. The fourth-order valence-electron chi connectivity index (χ4n) is 2.06. The molecule has 1 aliphatic carbocycles. The van der Waals surface area contributed by atoms with E-state index in [1.807, 2.05) is 6.07 Å². The van der Waals surface area contributed by atoms with Gasteiger partial charge in [-0.05, 0) is 19.8 Å². The van der Waals surface area contributed by atoms with Crippen LogP contribution < -0.4 is 10.6 Å². The topological polar surface area (TPSA) is 62.5 Å². The van der Waals surface area contributed by atoms with Gasteiger partial charge >= 0.3 is 0 Å². The summed E-state index contributed by atoms with van der Waals surface area (Å²) < 4.78 is 4.78. The lowest BCUT2D eigenvalue weighted by atomic mass is 10.2. The minimum Gasteiger partial charge on any atom is -0.364 e. The summed E-state index contributed by atoms with van der Waals surface area (Å²) in [4.78, 5) is 4.49. The van der Waals surface area contributed by atoms with Crippen molar-refractivity contribution in [1.82, 2.24) is 15.8 Å². The molecule has 0 saturated heterocycles. The predicted molar refractivity (Wildman–Crippen MR) is 66.7 cm³/mol. The number of hydrogen-bond acceptors (Lipinski definition) is 3. The van der Waals surface area contributed by atoms with E-state index in [1.54, 1.807) is 6.26 Å². The number of rotatable bonds is 4. The van der Waals surface area contributed by atoms with Crippen LogP contribution in [0.1, 0.15) is 38.3 Å². The maximum atomic E-state index is 4.78. The van der Waals surface area contributed by atoms with Gasteiger partial charge in [0.15, 0.2) is 5.96 Å². The molecule has 0 spiro atoms. The van der Waals surface area contributed by atoms with Gasteiger partial charge < -0.3 is 15.2 Å². The summed E-state index contributed by atoms with van der Waals surface area (Å²) in [5.74, 6) is 0.877. The third-order valence-corrected chi connectivity index (χ3v) is 2.93. The molecule has 0 unspecified atom stereocenters. The number of nitrogens with zero attached hydrogens (tertiary/aromatic N) is 2. The second kappa shape index (κ2) is 6.27. The first kappa shape index (κ1) is 12.0. The average Bonchev–Trinajstić information content (AvgIpc) is 2.99. The Morgan fingerprint density at radius 2 is 2.35 bits per heavy atom. The van der Waals surface area contributed by atoms with Crippen molar-refractivity contribution in [2.75, 3.05) is 6.54 Å². The monoisotopic (exact) mass is 236 g/mol. The maximum absolute atomic E-state index is 4.78. The van der Waals surface area contributed by atoms with Gasteiger partial charge in [-0.15, -0.1) is 0 Å². The van der Waals surface area contributed by atoms with Crippen molar-refractivity contribution in [3.63, 3.8) is 0 Å². The zero-order valence-electron chi connectivity index (χ0n) is 10.3. The van der Waals surface area contributed by atoms with E-state index in [1.165, 1.54) is 25.7 Å². The Balaban J connectivity index is 1.88. The predicted octanol–water partition coefficient (Wildman–Crippen LogP) is 1.67. The Kier molecular flexibility index (Phi) is 4.41. The van der Waals surface area contributed by atoms with Crippen molar-refractivity contribution in [1.29, 1.82) is 0 Å². The first-order chi connectivity index (χ1) is 8.38. The number of guanidine groups is 1. The molecule has 5 nitrogen and oxygen atoms in total. The van der Waals surface area contributed by atoms with Crippen LogP contribution >= 0.6 is 0 Å². The lowest BCUT2D eigenvalue weighted by molar-refractivity contribution is 0.412. The van der Waals surface area contributed by atoms with Crippen molar-refractivity contribution in [3.8, 4) is 0 Å². The molecule has 0 bridgehead atoms. The van der Waals surface area contributed by atoms with Crippen LogP contribution in [0.5, 0.6) is 0 Å². The van der Waals surface area contributed by atoms with Gasteiger partial charge in [0.05, 0.1) is 6.54 Å². The molecule has 1 heterocycles. The fraction of sp³-hybridized carbons (Fsp3) is 0.667. The Hall–Kier alpha value is -1.52. The highest BCUT2D eigenvalue weighted by atomic mass is 16.5. The first-order valence-corrected chi connectivity index (χ1v) is 6.32. The molecule has 1 aromatic rings. The van der Waals surface area contributed by atoms with Crippen LogP contribution in [0.15, 0.2) is 21.8 Å². The van der Waals surface area contributed by atoms with Gasteiger partial charge in [0.25, 0.3) is 0 Å². The molecule has 0 radical (unpaired) electrons. The Morgan fingerprint density at radius 1 is 1.53 bits per heavy atom. The normalized spacial score (nSPS) is 17.4. The third kappa shape index (κ3) is 3.76. The van der Waals surface area contributed by atoms with Gasteiger partial charge in [-0.25, -0.2) is 4.99 Å². The lowest BCUT2D eigenvalue weighted by Gasteiger charge is -2.16. The van der Waals surface area contributed by atoms with Gasteiger partial charge in [0, 0.05) is 18.7 Å². The summed E-state index contributed by atoms with van der Waals surface area (Å²) in [5.41, 5.74) is 0.855. The van der Waals surface area contributed by atoms with Crippen molar-refractivity contribution < 1.29 is 4.52 Å². The zero-order valence-corrected chi connectivity index (χ0v) is 10.3. The molecule has 17 heavy (non-hydrogen) atoms. The second-order valence-corrected chi connectivity index (χ2v) is 4.31. The Morgan fingerprint density at radius 3 is 3.00 bits per heavy atom. The summed E-state index contributed by atoms with van der Waals surface area (Å²) >= 11 is 0. The van der Waals surface area contributed by atoms with Gasteiger partial charge in [-0.2, -0.15) is 0 Å². The molecule has 0 atom stereocenters. The molecular formula is C12H20N4O. The smallest absolute Gasteiger partial charge is 0.191 e. The zero-order chi connectivity index (χ0) is 11.9. The van der Waals surface area contributed by atoms with Crippen molar-refractivity contribution >= 4 is 5.96 Å². The molecule has 1 fully saturated rings. The average molecular weight is 236 g/mol. The molecule has 2 rings (SSSR count). The van der Waals surface area contributed by atoms with Crippen molar-refractivity contribution in [2.45, 2.75) is 45.2 Å². The van der Waals surface area contributed by atoms with Gasteiger partial charge in [-0.1, -0.05) is 18.0 Å². The van der Waals surface area contributed by atoms with E-state index in [-0.39, 0.29) is 0 Å². The number of nitrogens with one attached hydrogen (secondary N) is 2. The molecule has 0 aromatic carbocycles. The van der Waals surface area contributed by atoms with Gasteiger partial charge in [0.1, 0.15) is 12.0 Å². The summed E-state index contributed by atoms with van der Waals surface area (Å²) in [5, 5.41) is 10.6. The minimum atomic E-state index is 0.554. The molecule has 1 saturated carbocycles. The molecule has 94 valence electrons. The van der Waals surface area contributed by atoms with Crippen LogP contribution in [0, 0.1) is 0 Å². The van der Waals surface area contributed by atoms with Crippen LogP contribution in [0.4, 0.5) is 0 Å². The summed E-state index contributed by atoms with van der Waals surface area (Å²) in [6, 6.07) is 2.41. The molecule has 2 N–H and O–H groups in total. The van der Waals surface area contributed by atoms with Crippen LogP contribution in [0.2, 0.25) is 0 Å². The molecular weight excluding hydrogens is 216 g/mol. The molecule has 1 aromatic heterocycles. The standard InChI is InChI=1S/C12H20N4O/c1-2-13-12(15-10-5-3-4-6-10)14-9-11-7-8-17-16-11/h7-8,10H,2-6,9H2,1H3,(H2,13,14,15). The molecule has 5 heteroatoms. The van der Waals surface area contributed by atoms with E-state index in [4.69, 9.17) is 4.52 Å². The van der Waals surface area contributed by atoms with Crippen LogP contribution in [-0.2, 0) is 6.54 Å².